The zero-order valence-corrected chi connectivity index (χ0v) is 11.4. The van der Waals surface area contributed by atoms with Crippen LogP contribution in [0, 0.1) is 0 Å². The van der Waals surface area contributed by atoms with Crippen LogP contribution in [0.2, 0.25) is 0 Å². The van der Waals surface area contributed by atoms with E-state index in [1.807, 2.05) is 0 Å². The van der Waals surface area contributed by atoms with E-state index in [2.05, 4.69) is 0 Å². The summed E-state index contributed by atoms with van der Waals surface area (Å²) in [5.74, 6) is -1.34. The highest BCUT2D eigenvalue weighted by Crippen LogP contribution is 2.38. The Kier molecular flexibility index (Phi) is 3.72. The van der Waals surface area contributed by atoms with Gasteiger partial charge < -0.3 is 10.2 Å². The fraction of sp³-hybridized carbons (Fsp3) is 0.214. The van der Waals surface area contributed by atoms with E-state index in [9.17, 15) is 15.0 Å². The van der Waals surface area contributed by atoms with Crippen LogP contribution < -0.4 is 0 Å². The number of aliphatic carboxylic acids is 1. The van der Waals surface area contributed by atoms with Crippen LogP contribution in [0.25, 0.3) is 0 Å². The molecule has 0 radical (unpaired) electrons. The first-order valence-corrected chi connectivity index (χ1v) is 6.41. The number of halogens is 2. The minimum Gasteiger partial charge on any atom is -0.479 e. The lowest BCUT2D eigenvalue weighted by Crippen LogP contribution is -2.38. The van der Waals surface area contributed by atoms with Crippen LogP contribution in [-0.2, 0) is 10.4 Å². The Morgan fingerprint density at radius 2 is 1.89 bits per heavy atom. The van der Waals surface area contributed by atoms with E-state index in [0.717, 1.165) is 0 Å². The van der Waals surface area contributed by atoms with Crippen molar-refractivity contribution < 1.29 is 15.0 Å². The first-order chi connectivity index (χ1) is 8.86. The van der Waals surface area contributed by atoms with Gasteiger partial charge in [0.25, 0.3) is 0 Å². The fourth-order valence-corrected chi connectivity index (χ4v) is 2.24. The van der Waals surface area contributed by atoms with Crippen molar-refractivity contribution in [3.63, 3.8) is 0 Å². The lowest BCUT2D eigenvalue weighted by atomic mass is 9.83. The number of rotatable bonds is 3. The van der Waals surface area contributed by atoms with Crippen LogP contribution in [0.5, 0.6) is 0 Å². The van der Waals surface area contributed by atoms with Gasteiger partial charge in [-0.2, -0.15) is 0 Å². The molecule has 1 aromatic rings. The second-order valence-corrected chi connectivity index (χ2v) is 5.88. The maximum absolute atomic E-state index is 11.5. The van der Waals surface area contributed by atoms with E-state index in [4.69, 9.17) is 23.2 Å². The Hall–Kier alpha value is -1.29. The number of aliphatic hydroxyl groups is 1. The van der Waals surface area contributed by atoms with Crippen molar-refractivity contribution in [2.24, 2.45) is 0 Å². The van der Waals surface area contributed by atoms with Crippen LogP contribution in [0.1, 0.15) is 12.0 Å². The maximum atomic E-state index is 11.5. The Balaban J connectivity index is 2.46. The minimum atomic E-state index is -2.10. The molecule has 19 heavy (non-hydrogen) atoms. The second kappa shape index (κ2) is 5.00. The minimum absolute atomic E-state index is 0.240. The summed E-state index contributed by atoms with van der Waals surface area (Å²) in [4.78, 5) is 11.5. The van der Waals surface area contributed by atoms with Crippen LogP contribution >= 0.6 is 23.2 Å². The number of carboxylic acids is 1. The molecule has 1 aliphatic carbocycles. The number of alkyl halides is 2. The van der Waals surface area contributed by atoms with Crippen LogP contribution in [0.15, 0.2) is 54.1 Å². The number of carboxylic acid groups (broad SMARTS) is 1. The molecule has 2 rings (SSSR count). The summed E-state index contributed by atoms with van der Waals surface area (Å²) in [6.07, 6.45) is 4.71. The zero-order valence-electron chi connectivity index (χ0n) is 9.88. The Morgan fingerprint density at radius 1 is 1.26 bits per heavy atom. The summed E-state index contributed by atoms with van der Waals surface area (Å²) in [6.45, 7) is 0. The van der Waals surface area contributed by atoms with Gasteiger partial charge in [-0.15, -0.1) is 0 Å². The number of carbonyl (C=O) groups is 1. The lowest BCUT2D eigenvalue weighted by molar-refractivity contribution is -0.155. The summed E-state index contributed by atoms with van der Waals surface area (Å²) in [5.41, 5.74) is -1.56. The summed E-state index contributed by atoms with van der Waals surface area (Å²) < 4.78 is -1.06. The summed E-state index contributed by atoms with van der Waals surface area (Å²) in [5, 5.41) is 19.9. The molecule has 0 aliphatic heterocycles. The highest BCUT2D eigenvalue weighted by molar-refractivity contribution is 6.50. The van der Waals surface area contributed by atoms with Gasteiger partial charge in [0.05, 0.1) is 0 Å². The van der Waals surface area contributed by atoms with E-state index in [1.54, 1.807) is 36.4 Å². The third kappa shape index (κ3) is 2.68. The molecule has 0 fully saturated rings. The Morgan fingerprint density at radius 3 is 2.37 bits per heavy atom. The molecule has 0 amide bonds. The van der Waals surface area contributed by atoms with Gasteiger partial charge in [0.1, 0.15) is 4.33 Å². The maximum Gasteiger partial charge on any atom is 0.345 e. The average molecular weight is 299 g/mol. The van der Waals surface area contributed by atoms with Crippen LogP contribution in [-0.4, -0.2) is 20.5 Å². The van der Waals surface area contributed by atoms with Crippen molar-refractivity contribution in [2.45, 2.75) is 16.4 Å². The number of benzene rings is 1. The Labute approximate surface area is 120 Å². The molecule has 100 valence electrons. The van der Waals surface area contributed by atoms with Gasteiger partial charge in [-0.25, -0.2) is 4.79 Å². The predicted molar refractivity (Wildman–Crippen MR) is 74.3 cm³/mol. The third-order valence-corrected chi connectivity index (χ3v) is 3.58. The van der Waals surface area contributed by atoms with Crippen LogP contribution in [0.4, 0.5) is 0 Å². The number of hydrogen-bond acceptors (Lipinski definition) is 2. The summed E-state index contributed by atoms with van der Waals surface area (Å²) in [7, 11) is 0. The number of allylic oxidation sites excluding steroid dienone is 2. The monoisotopic (exact) mass is 298 g/mol. The zero-order chi connectivity index (χ0) is 14.1. The van der Waals surface area contributed by atoms with E-state index in [-0.39, 0.29) is 17.6 Å². The SMILES string of the molecule is O=C(O)C(O)(C1=CCC(Cl)(Cl)C=C1)c1ccccc1. The first-order valence-electron chi connectivity index (χ1n) is 5.65. The molecular formula is C14H12Cl2O3. The van der Waals surface area contributed by atoms with E-state index < -0.39 is 15.9 Å². The topological polar surface area (TPSA) is 57.5 Å². The fourth-order valence-electron chi connectivity index (χ4n) is 1.96. The van der Waals surface area contributed by atoms with Gasteiger partial charge in [-0.05, 0) is 17.2 Å². The lowest BCUT2D eigenvalue weighted by Gasteiger charge is -2.29. The molecular weight excluding hydrogens is 287 g/mol. The van der Waals surface area contributed by atoms with Crippen LogP contribution in [0.3, 0.4) is 0 Å². The first kappa shape index (κ1) is 14.1. The molecule has 1 atom stereocenters. The van der Waals surface area contributed by atoms with Crippen molar-refractivity contribution in [1.82, 2.24) is 0 Å². The highest BCUT2D eigenvalue weighted by atomic mass is 35.5. The number of hydrogen-bond donors (Lipinski definition) is 2. The van der Waals surface area contributed by atoms with Crippen molar-refractivity contribution in [3.05, 3.63) is 59.7 Å². The van der Waals surface area contributed by atoms with Gasteiger partial charge >= 0.3 is 5.97 Å². The van der Waals surface area contributed by atoms with Crippen molar-refractivity contribution >= 4 is 29.2 Å². The normalized spacial score (nSPS) is 20.5. The summed E-state index contributed by atoms with van der Waals surface area (Å²) in [6, 6.07) is 8.21. The molecule has 0 spiro atoms. The third-order valence-electron chi connectivity index (χ3n) is 3.02. The molecule has 5 heteroatoms. The molecule has 1 unspecified atom stereocenters. The largest absolute Gasteiger partial charge is 0.479 e. The molecule has 1 aromatic carbocycles. The highest BCUT2D eigenvalue weighted by Gasteiger charge is 2.42. The molecule has 0 saturated heterocycles. The molecule has 0 heterocycles. The Bertz CT molecular complexity index is 549. The quantitative estimate of drug-likeness (QED) is 0.844. The van der Waals surface area contributed by atoms with Gasteiger partial charge in [-0.1, -0.05) is 65.7 Å². The molecule has 3 nitrogen and oxygen atoms in total. The van der Waals surface area contributed by atoms with Gasteiger partial charge in [0.2, 0.25) is 5.60 Å². The smallest absolute Gasteiger partial charge is 0.345 e. The molecule has 0 bridgehead atoms. The summed E-state index contributed by atoms with van der Waals surface area (Å²) >= 11 is 11.8. The van der Waals surface area contributed by atoms with E-state index in [1.165, 1.54) is 12.2 Å². The van der Waals surface area contributed by atoms with Crippen molar-refractivity contribution in [3.8, 4) is 0 Å². The van der Waals surface area contributed by atoms with Crippen molar-refractivity contribution in [2.75, 3.05) is 0 Å². The van der Waals surface area contributed by atoms with Gasteiger partial charge in [0.15, 0.2) is 0 Å². The van der Waals surface area contributed by atoms with Gasteiger partial charge in [0, 0.05) is 6.42 Å². The average Bonchev–Trinajstić information content (AvgIpc) is 2.38. The second-order valence-electron chi connectivity index (χ2n) is 4.34. The van der Waals surface area contributed by atoms with Crippen molar-refractivity contribution in [1.29, 1.82) is 0 Å². The van der Waals surface area contributed by atoms with E-state index in [0.29, 0.717) is 0 Å². The van der Waals surface area contributed by atoms with Gasteiger partial charge in [-0.3, -0.25) is 0 Å². The molecule has 0 aromatic heterocycles. The molecule has 2 N–H and O–H groups in total. The molecule has 1 aliphatic rings. The van der Waals surface area contributed by atoms with E-state index >= 15 is 0 Å². The molecule has 0 saturated carbocycles. The standard InChI is InChI=1S/C14H12Cl2O3/c15-13(16)8-6-11(7-9-13)14(19,12(17)18)10-4-2-1-3-5-10/h1-8,19H,9H2,(H,17,18). The predicted octanol–water partition coefficient (Wildman–Crippen LogP) is 3.02.